The van der Waals surface area contributed by atoms with Crippen LogP contribution in [0, 0.1) is 0 Å². The van der Waals surface area contributed by atoms with Crippen LogP contribution in [0.15, 0.2) is 0 Å². The zero-order chi connectivity index (χ0) is 84.8. The third kappa shape index (κ3) is 21.3. The summed E-state index contributed by atoms with van der Waals surface area (Å²) in [4.78, 5) is 64.2. The molecule has 0 unspecified atom stereocenters. The molecule has 9 aliphatic heterocycles. The summed E-state index contributed by atoms with van der Waals surface area (Å²) in [6.45, 7) is -5.57. The molecule has 9 fully saturated rings. The van der Waals surface area contributed by atoms with Crippen molar-refractivity contribution in [3.05, 3.63) is 0 Å². The van der Waals surface area contributed by atoms with E-state index in [4.69, 9.17) is 80.5 Å². The molecule has 0 aliphatic carbocycles. The van der Waals surface area contributed by atoms with Gasteiger partial charge in [-0.1, -0.05) is 0 Å². The quantitative estimate of drug-likeness (QED) is 0.0318. The fraction of sp³-hybridized carbons (Fsp3) is 0.922. The molecule has 0 radical (unpaired) electrons. The standard InChI is InChI=1S/C64H107N5O46/c1-15(78)65-29-41(90)49(25(11-75)100-56(29)98)109-59-32(68-18(4)81)42(91)51(27(13-77)106-59)111-62-48(97)53(113-64-55(46(95)38(87)24(10-74)105-64)115-60-33(69-19(5)82)43(92)50(26(12-76)107-60)110-61-47(96)44(93)36(85)22(8-72)103-61)52(112-57-30(66-16(2)79)39(88)34(83)20(6-70)101-57)28(108-62)14-99-63-54(45(94)37(86)23(9-73)104-63)114-58-31(67-17(3)80)40(89)35(84)21(7-71)102-58/h20-64,70-77,83-98H,6-14H2,1-5H3,(H,65,78)(H,66,79)(H,67,80)(H,68,81)(H,69,82)/t20-,21+,22-,23+,24+,25-,26+,27+,28-,29-,30-,31+,32+,33+,34-,35+,36+,37+,38+,39-,40+,41-,42+,43+,44+,45-,46-,47-,48+,49-,50+,51+,52-,53-,54-,55-,56-,57+,58-,59-,60-,61+,62+,63-,64+/m1/s1. The minimum absolute atomic E-state index is 0.806. The Kier molecular flexibility index (Phi) is 34.1. The fourth-order valence-electron chi connectivity index (χ4n) is 14.9. The molecule has 9 saturated heterocycles. The van der Waals surface area contributed by atoms with Crippen LogP contribution in [0.4, 0.5) is 0 Å². The molecule has 51 nitrogen and oxygen atoms in total. The maximum absolute atomic E-state index is 13.3. The minimum atomic E-state index is -2.72. The second-order valence-electron chi connectivity index (χ2n) is 28.9. The number of carbonyl (C=O) groups is 5. The first-order valence-electron chi connectivity index (χ1n) is 36.6. The first-order valence-corrected chi connectivity index (χ1v) is 36.6. The molecule has 0 bridgehead atoms. The molecule has 0 aromatic heterocycles. The summed E-state index contributed by atoms with van der Waals surface area (Å²) in [5.41, 5.74) is 0. The normalized spacial score (nSPS) is 47.9. The van der Waals surface area contributed by atoms with Crippen molar-refractivity contribution in [3.8, 4) is 0 Å². The van der Waals surface area contributed by atoms with Crippen LogP contribution in [0.1, 0.15) is 34.6 Å². The number of carbonyl (C=O) groups excluding carboxylic acids is 5. The second kappa shape index (κ2) is 41.5. The van der Waals surface area contributed by atoms with Crippen molar-refractivity contribution in [2.75, 3.05) is 59.5 Å². The van der Waals surface area contributed by atoms with E-state index < -0.39 is 365 Å². The number of ether oxygens (including phenoxy) is 17. The molecule has 0 aromatic rings. The van der Waals surface area contributed by atoms with Crippen LogP contribution >= 0.6 is 0 Å². The summed E-state index contributed by atoms with van der Waals surface area (Å²) in [7, 11) is 0. The van der Waals surface area contributed by atoms with Crippen molar-refractivity contribution in [2.24, 2.45) is 0 Å². The summed E-state index contributed by atoms with van der Waals surface area (Å²) in [6.07, 6.45) is -85.8. The highest BCUT2D eigenvalue weighted by molar-refractivity contribution is 5.75. The molecule has 51 heteroatoms. The molecular weight excluding hydrogens is 1570 g/mol. The average Bonchev–Trinajstić information content (AvgIpc) is 0.761. The van der Waals surface area contributed by atoms with E-state index in [0.29, 0.717) is 0 Å². The maximum atomic E-state index is 13.3. The molecule has 29 N–H and O–H groups in total. The van der Waals surface area contributed by atoms with Crippen LogP contribution in [-0.2, 0) is 104 Å². The number of amides is 5. The SMILES string of the molecule is CC(=O)N[C@@H]1[C@@H](O[C@H]2[C@H](OC[C@H]3O[C@@H](O[C@@H]4[C@@H](O)[C@H](NC(C)=O)[C@@H](O[C@H]5[C@H](O)[C@@H](NC(C)=O)[C@H](O)O[C@@H]5CO)O[C@H]4CO)[C@@H](O)[C@@H](O[C@@H]4O[C@@H](CO)[C@H](O)[C@@H](O)[C@H]4O[C@H]4O[C@@H](CO)[C@H](O[C@@H]5O[C@H](CO)[C@H](O)[C@H](O)[C@H]5O)[C@@H](O)[C@@H]4NC(C)=O)[C@@H]3O[C@@H]3O[C@H](CO)[C@@H](O)[C@H](O)[C@H]3NC(C)=O)O[C@@H](CO)[C@H](O)[C@H]2O)O[C@@H](CO)[C@H](O)[C@H]1O. The van der Waals surface area contributed by atoms with Crippen molar-refractivity contribution >= 4 is 29.5 Å². The van der Waals surface area contributed by atoms with Crippen LogP contribution in [0.2, 0.25) is 0 Å². The van der Waals surface area contributed by atoms with E-state index in [1.54, 1.807) is 0 Å². The van der Waals surface area contributed by atoms with E-state index in [-0.39, 0.29) is 0 Å². The van der Waals surface area contributed by atoms with Crippen LogP contribution in [0.3, 0.4) is 0 Å². The van der Waals surface area contributed by atoms with Crippen molar-refractivity contribution in [3.63, 3.8) is 0 Å². The molecular formula is C64H107N5O46. The number of aliphatic hydroxyl groups excluding tert-OH is 24. The van der Waals surface area contributed by atoms with Gasteiger partial charge in [0, 0.05) is 34.6 Å². The summed E-state index contributed by atoms with van der Waals surface area (Å²) in [5, 5.41) is 281. The van der Waals surface area contributed by atoms with E-state index >= 15 is 0 Å². The molecule has 9 rings (SSSR count). The van der Waals surface area contributed by atoms with Gasteiger partial charge in [0.2, 0.25) is 29.5 Å². The lowest BCUT2D eigenvalue weighted by atomic mass is 9.93. The lowest BCUT2D eigenvalue weighted by Gasteiger charge is -2.52. The summed E-state index contributed by atoms with van der Waals surface area (Å²) in [5.74, 6) is -4.64. The zero-order valence-corrected chi connectivity index (χ0v) is 62.1. The highest BCUT2D eigenvalue weighted by atomic mass is 16.8. The first-order chi connectivity index (χ1) is 54.4. The summed E-state index contributed by atoms with van der Waals surface area (Å²) in [6, 6.07) is -9.49. The van der Waals surface area contributed by atoms with Gasteiger partial charge in [-0.25, -0.2) is 0 Å². The van der Waals surface area contributed by atoms with Gasteiger partial charge in [-0.3, -0.25) is 24.0 Å². The van der Waals surface area contributed by atoms with E-state index in [9.17, 15) is 147 Å². The van der Waals surface area contributed by atoms with Gasteiger partial charge in [0.25, 0.3) is 0 Å². The Labute approximate surface area is 651 Å². The first kappa shape index (κ1) is 94.6. The maximum Gasteiger partial charge on any atom is 0.217 e. The zero-order valence-electron chi connectivity index (χ0n) is 62.1. The van der Waals surface area contributed by atoms with Gasteiger partial charge in [0.1, 0.15) is 219 Å². The average molecular weight is 1680 g/mol. The monoisotopic (exact) mass is 1680 g/mol. The van der Waals surface area contributed by atoms with Gasteiger partial charge in [-0.2, -0.15) is 0 Å². The highest BCUT2D eigenvalue weighted by Crippen LogP contribution is 2.41. The Morgan fingerprint density at radius 2 is 0.478 bits per heavy atom. The molecule has 0 spiro atoms. The van der Waals surface area contributed by atoms with E-state index in [2.05, 4.69) is 26.6 Å². The molecule has 9 aliphatic rings. The number of aliphatic hydroxyl groups is 24. The molecule has 45 atom stereocenters. The topological polar surface area (TPSA) is 788 Å². The highest BCUT2D eigenvalue weighted by Gasteiger charge is 2.62. The van der Waals surface area contributed by atoms with Crippen LogP contribution in [0.25, 0.3) is 0 Å². The van der Waals surface area contributed by atoms with Crippen LogP contribution < -0.4 is 26.6 Å². The Bertz CT molecular complexity index is 3100. The van der Waals surface area contributed by atoms with Gasteiger partial charge in [-0.15, -0.1) is 0 Å². The predicted octanol–water partition coefficient (Wildman–Crippen LogP) is -19.9. The van der Waals surface area contributed by atoms with Gasteiger partial charge in [-0.05, 0) is 0 Å². The summed E-state index contributed by atoms with van der Waals surface area (Å²) >= 11 is 0. The smallest absolute Gasteiger partial charge is 0.217 e. The van der Waals surface area contributed by atoms with E-state index in [0.717, 1.165) is 34.6 Å². The Morgan fingerprint density at radius 3 is 0.861 bits per heavy atom. The molecule has 115 heavy (non-hydrogen) atoms. The van der Waals surface area contributed by atoms with Crippen LogP contribution in [-0.4, -0.2) is 488 Å². The third-order valence-corrected chi connectivity index (χ3v) is 20.8. The Hall–Kier alpha value is -4.29. The van der Waals surface area contributed by atoms with Gasteiger partial charge < -0.3 is 230 Å². The third-order valence-electron chi connectivity index (χ3n) is 20.8. The molecule has 9 heterocycles. The van der Waals surface area contributed by atoms with Crippen molar-refractivity contribution < 1.29 is 227 Å². The van der Waals surface area contributed by atoms with Gasteiger partial charge >= 0.3 is 0 Å². The number of nitrogens with one attached hydrogen (secondary N) is 5. The van der Waals surface area contributed by atoms with Crippen molar-refractivity contribution in [1.82, 2.24) is 26.6 Å². The molecule has 0 saturated carbocycles. The summed E-state index contributed by atoms with van der Waals surface area (Å²) < 4.78 is 103. The molecule has 5 amide bonds. The number of rotatable bonds is 30. The fourth-order valence-corrected chi connectivity index (χ4v) is 14.9. The lowest BCUT2D eigenvalue weighted by molar-refractivity contribution is -0.408. The number of hydrogen-bond donors (Lipinski definition) is 29. The Morgan fingerprint density at radius 1 is 0.226 bits per heavy atom. The number of hydrogen-bond acceptors (Lipinski definition) is 46. The Balaban J connectivity index is 1.17. The van der Waals surface area contributed by atoms with Gasteiger partial charge in [0.05, 0.1) is 59.5 Å². The van der Waals surface area contributed by atoms with Crippen molar-refractivity contribution in [2.45, 2.75) is 311 Å². The van der Waals surface area contributed by atoms with E-state index in [1.165, 1.54) is 0 Å². The van der Waals surface area contributed by atoms with Crippen molar-refractivity contribution in [1.29, 1.82) is 0 Å². The largest absolute Gasteiger partial charge is 0.394 e. The van der Waals surface area contributed by atoms with Gasteiger partial charge in [0.15, 0.2) is 56.6 Å². The predicted molar refractivity (Wildman–Crippen MR) is 355 cm³/mol. The molecule has 664 valence electrons. The van der Waals surface area contributed by atoms with Crippen LogP contribution in [0.5, 0.6) is 0 Å². The molecule has 0 aromatic carbocycles. The minimum Gasteiger partial charge on any atom is -0.394 e. The second-order valence-corrected chi connectivity index (χ2v) is 28.9. The lowest BCUT2D eigenvalue weighted by Crippen LogP contribution is -2.71. The van der Waals surface area contributed by atoms with E-state index in [1.807, 2.05) is 0 Å².